The van der Waals surface area contributed by atoms with Crippen molar-refractivity contribution in [1.82, 2.24) is 4.98 Å². The molecular weight excluding hydrogens is 411 g/mol. The molecule has 32 heavy (non-hydrogen) atoms. The van der Waals surface area contributed by atoms with Crippen LogP contribution in [0.2, 0.25) is 0 Å². The fraction of sp³-hybridized carbons (Fsp3) is 0.160. The lowest BCUT2D eigenvalue weighted by molar-refractivity contribution is -0.132. The summed E-state index contributed by atoms with van der Waals surface area (Å²) < 4.78 is 19.0. The SMILES string of the molecule is CCCOc1ccc(/C(O)=C2/C(=O)C(=O)N(c3ccc(F)cc3)C2c2ccccn2)cc1. The molecule has 1 unspecified atom stereocenters. The van der Waals surface area contributed by atoms with E-state index in [9.17, 15) is 19.1 Å². The van der Waals surface area contributed by atoms with Crippen LogP contribution < -0.4 is 9.64 Å². The lowest BCUT2D eigenvalue weighted by Crippen LogP contribution is -2.29. The molecule has 162 valence electrons. The van der Waals surface area contributed by atoms with E-state index in [1.807, 2.05) is 6.92 Å². The van der Waals surface area contributed by atoms with Gasteiger partial charge in [0.15, 0.2) is 0 Å². The predicted molar refractivity (Wildman–Crippen MR) is 118 cm³/mol. The minimum atomic E-state index is -0.960. The van der Waals surface area contributed by atoms with Crippen molar-refractivity contribution >= 4 is 23.1 Å². The van der Waals surface area contributed by atoms with Crippen molar-refractivity contribution in [3.63, 3.8) is 0 Å². The van der Waals surface area contributed by atoms with Gasteiger partial charge in [0.05, 0.1) is 17.9 Å². The Kier molecular flexibility index (Phi) is 5.98. The highest BCUT2D eigenvalue weighted by Crippen LogP contribution is 2.41. The number of ketones is 1. The number of aliphatic hydroxyl groups excluding tert-OH is 1. The fourth-order valence-corrected chi connectivity index (χ4v) is 3.60. The molecule has 0 spiro atoms. The van der Waals surface area contributed by atoms with Gasteiger partial charge in [0.25, 0.3) is 11.7 Å². The number of aliphatic hydroxyl groups is 1. The van der Waals surface area contributed by atoms with Gasteiger partial charge in [0.1, 0.15) is 23.4 Å². The van der Waals surface area contributed by atoms with Crippen LogP contribution in [0.1, 0.15) is 30.6 Å². The summed E-state index contributed by atoms with van der Waals surface area (Å²) in [4.78, 5) is 31.6. The highest BCUT2D eigenvalue weighted by Gasteiger charge is 2.47. The van der Waals surface area contributed by atoms with E-state index >= 15 is 0 Å². The van der Waals surface area contributed by atoms with Gasteiger partial charge < -0.3 is 9.84 Å². The molecule has 7 heteroatoms. The van der Waals surface area contributed by atoms with Crippen LogP contribution in [-0.2, 0) is 9.59 Å². The normalized spacial score (nSPS) is 17.6. The smallest absolute Gasteiger partial charge is 0.300 e. The summed E-state index contributed by atoms with van der Waals surface area (Å²) in [5.74, 6) is -1.81. The molecule has 1 atom stereocenters. The van der Waals surface area contributed by atoms with Gasteiger partial charge in [-0.3, -0.25) is 19.5 Å². The first-order valence-corrected chi connectivity index (χ1v) is 10.2. The molecule has 1 amide bonds. The number of amides is 1. The van der Waals surface area contributed by atoms with Gasteiger partial charge >= 0.3 is 0 Å². The highest BCUT2D eigenvalue weighted by molar-refractivity contribution is 6.51. The Hall–Kier alpha value is -4.00. The van der Waals surface area contributed by atoms with E-state index < -0.39 is 23.5 Å². The zero-order chi connectivity index (χ0) is 22.7. The number of carbonyl (C=O) groups is 2. The number of anilines is 1. The van der Waals surface area contributed by atoms with E-state index in [4.69, 9.17) is 4.74 Å². The summed E-state index contributed by atoms with van der Waals surface area (Å²) in [6.45, 7) is 2.56. The molecule has 0 aliphatic carbocycles. The average Bonchev–Trinajstić information content (AvgIpc) is 3.09. The number of carbonyl (C=O) groups excluding carboxylic acids is 2. The van der Waals surface area contributed by atoms with Gasteiger partial charge in [0.2, 0.25) is 0 Å². The second kappa shape index (κ2) is 9.01. The number of Topliss-reactive ketones (excluding diaryl/α,β-unsaturated/α-hetero) is 1. The number of hydrogen-bond acceptors (Lipinski definition) is 5. The number of rotatable bonds is 6. The molecule has 1 fully saturated rings. The minimum Gasteiger partial charge on any atom is -0.507 e. The standard InChI is InChI=1S/C25H21FN2O4/c1-2-15-32-19-12-6-16(7-13-19)23(29)21-22(20-5-3-4-14-27-20)28(25(31)24(21)30)18-10-8-17(26)9-11-18/h3-14,22,29H,2,15H2,1H3/b23-21-. The molecule has 1 aliphatic heterocycles. The predicted octanol–water partition coefficient (Wildman–Crippen LogP) is 4.64. The van der Waals surface area contributed by atoms with Gasteiger partial charge in [-0.05, 0) is 67.1 Å². The minimum absolute atomic E-state index is 0.0831. The summed E-state index contributed by atoms with van der Waals surface area (Å²) in [7, 11) is 0. The van der Waals surface area contributed by atoms with E-state index in [0.29, 0.717) is 29.3 Å². The van der Waals surface area contributed by atoms with Crippen molar-refractivity contribution in [3.8, 4) is 5.75 Å². The van der Waals surface area contributed by atoms with E-state index in [-0.39, 0.29) is 11.3 Å². The third-order valence-electron chi connectivity index (χ3n) is 5.12. The van der Waals surface area contributed by atoms with Crippen LogP contribution in [0.25, 0.3) is 5.76 Å². The number of nitrogens with zero attached hydrogens (tertiary/aromatic N) is 2. The first kappa shape index (κ1) is 21.2. The molecular formula is C25H21FN2O4. The molecule has 3 aromatic rings. The zero-order valence-electron chi connectivity index (χ0n) is 17.4. The Balaban J connectivity index is 1.82. The largest absolute Gasteiger partial charge is 0.507 e. The highest BCUT2D eigenvalue weighted by atomic mass is 19.1. The van der Waals surface area contributed by atoms with Gasteiger partial charge in [-0.15, -0.1) is 0 Å². The number of aromatic nitrogens is 1. The Labute approximate surface area is 184 Å². The molecule has 2 heterocycles. The van der Waals surface area contributed by atoms with Crippen LogP contribution in [0.4, 0.5) is 10.1 Å². The molecule has 1 aromatic heterocycles. The second-order valence-electron chi connectivity index (χ2n) is 7.27. The molecule has 0 bridgehead atoms. The third-order valence-corrected chi connectivity index (χ3v) is 5.12. The molecule has 4 rings (SSSR count). The molecule has 0 saturated carbocycles. The molecule has 1 N–H and O–H groups in total. The maximum Gasteiger partial charge on any atom is 0.300 e. The first-order valence-electron chi connectivity index (χ1n) is 10.2. The second-order valence-corrected chi connectivity index (χ2v) is 7.27. The Morgan fingerprint density at radius 3 is 2.41 bits per heavy atom. The summed E-state index contributed by atoms with van der Waals surface area (Å²) in [6.07, 6.45) is 2.40. The van der Waals surface area contributed by atoms with E-state index in [1.165, 1.54) is 29.2 Å². The topological polar surface area (TPSA) is 79.7 Å². The molecule has 2 aromatic carbocycles. The van der Waals surface area contributed by atoms with E-state index in [2.05, 4.69) is 4.98 Å². The number of benzene rings is 2. The third kappa shape index (κ3) is 3.97. The monoisotopic (exact) mass is 432 g/mol. The van der Waals surface area contributed by atoms with Crippen molar-refractivity contribution < 1.29 is 23.8 Å². The Morgan fingerprint density at radius 2 is 1.78 bits per heavy atom. The Morgan fingerprint density at radius 1 is 1.06 bits per heavy atom. The van der Waals surface area contributed by atoms with Crippen LogP contribution in [0, 0.1) is 5.82 Å². The van der Waals surface area contributed by atoms with Crippen LogP contribution in [-0.4, -0.2) is 28.4 Å². The maximum absolute atomic E-state index is 13.5. The maximum atomic E-state index is 13.5. The van der Waals surface area contributed by atoms with Gasteiger partial charge in [-0.25, -0.2) is 4.39 Å². The van der Waals surface area contributed by atoms with Gasteiger partial charge in [-0.2, -0.15) is 0 Å². The average molecular weight is 432 g/mol. The molecule has 0 radical (unpaired) electrons. The summed E-state index contributed by atoms with van der Waals surface area (Å²) in [5.41, 5.74) is 1.01. The van der Waals surface area contributed by atoms with Crippen molar-refractivity contribution in [2.24, 2.45) is 0 Å². The lowest BCUT2D eigenvalue weighted by atomic mass is 9.98. The lowest BCUT2D eigenvalue weighted by Gasteiger charge is -2.24. The Bertz CT molecular complexity index is 1160. The van der Waals surface area contributed by atoms with Gasteiger partial charge in [-0.1, -0.05) is 13.0 Å². The number of halogens is 1. The number of hydrogen-bond donors (Lipinski definition) is 1. The van der Waals surface area contributed by atoms with Crippen LogP contribution in [0.5, 0.6) is 5.75 Å². The first-order chi connectivity index (χ1) is 15.5. The van der Waals surface area contributed by atoms with Crippen LogP contribution in [0.3, 0.4) is 0 Å². The van der Waals surface area contributed by atoms with Crippen LogP contribution in [0.15, 0.2) is 78.5 Å². The van der Waals surface area contributed by atoms with Gasteiger partial charge in [0, 0.05) is 17.4 Å². The number of ether oxygens (including phenoxy) is 1. The van der Waals surface area contributed by atoms with Crippen molar-refractivity contribution in [3.05, 3.63) is 95.6 Å². The van der Waals surface area contributed by atoms with Crippen molar-refractivity contribution in [2.45, 2.75) is 19.4 Å². The van der Waals surface area contributed by atoms with Crippen molar-refractivity contribution in [1.29, 1.82) is 0 Å². The van der Waals surface area contributed by atoms with Crippen molar-refractivity contribution in [2.75, 3.05) is 11.5 Å². The fourth-order valence-electron chi connectivity index (χ4n) is 3.60. The summed E-state index contributed by atoms with van der Waals surface area (Å²) in [5, 5.41) is 11.1. The molecule has 1 aliphatic rings. The quantitative estimate of drug-likeness (QED) is 0.349. The molecule has 1 saturated heterocycles. The van der Waals surface area contributed by atoms with Crippen LogP contribution >= 0.6 is 0 Å². The molecule has 6 nitrogen and oxygen atoms in total. The van der Waals surface area contributed by atoms with E-state index in [0.717, 1.165) is 6.42 Å². The summed E-state index contributed by atoms with van der Waals surface area (Å²) >= 11 is 0. The zero-order valence-corrected chi connectivity index (χ0v) is 17.4. The summed E-state index contributed by atoms with van der Waals surface area (Å²) in [6, 6.07) is 16.0. The number of pyridine rings is 1. The van der Waals surface area contributed by atoms with E-state index in [1.54, 1.807) is 48.7 Å².